The quantitative estimate of drug-likeness (QED) is 0.901. The molecule has 108 valence electrons. The molecule has 1 heterocycles. The molecule has 0 aliphatic rings. The number of aryl methyl sites for hydroxylation is 1. The van der Waals surface area contributed by atoms with Crippen molar-refractivity contribution in [3.05, 3.63) is 41.8 Å². The van der Waals surface area contributed by atoms with Gasteiger partial charge in [-0.15, -0.1) is 0 Å². The molecule has 0 fully saturated rings. The summed E-state index contributed by atoms with van der Waals surface area (Å²) >= 11 is 5.78. The molecule has 0 radical (unpaired) electrons. The minimum absolute atomic E-state index is 0.0550. The third kappa shape index (κ3) is 2.79. The highest BCUT2D eigenvalue weighted by molar-refractivity contribution is 7.92. The molecule has 2 rings (SSSR count). The maximum atomic E-state index is 12.6. The SMILES string of the molecule is Cn1cc(S(=O)(=O)N(CCO)c2ccccc2)nc1Cl. The van der Waals surface area contributed by atoms with Gasteiger partial charge in [-0.05, 0) is 23.7 Å². The zero-order chi connectivity index (χ0) is 14.8. The molecule has 6 nitrogen and oxygen atoms in total. The molecule has 1 aromatic heterocycles. The van der Waals surface area contributed by atoms with Crippen LogP contribution in [0, 0.1) is 0 Å². The molecular weight excluding hydrogens is 302 g/mol. The van der Waals surface area contributed by atoms with Crippen LogP contribution in [0.2, 0.25) is 5.28 Å². The van der Waals surface area contributed by atoms with E-state index in [4.69, 9.17) is 16.7 Å². The number of aliphatic hydroxyl groups is 1. The number of aromatic nitrogens is 2. The molecule has 0 aliphatic heterocycles. The fraction of sp³-hybridized carbons (Fsp3) is 0.250. The largest absolute Gasteiger partial charge is 0.394 e. The van der Waals surface area contributed by atoms with Crippen molar-refractivity contribution in [2.75, 3.05) is 17.5 Å². The number of imidazole rings is 1. The Hall–Kier alpha value is -1.57. The summed E-state index contributed by atoms with van der Waals surface area (Å²) < 4.78 is 27.7. The van der Waals surface area contributed by atoms with Crippen LogP contribution in [0.5, 0.6) is 0 Å². The predicted molar refractivity (Wildman–Crippen MR) is 76.3 cm³/mol. The maximum Gasteiger partial charge on any atom is 0.283 e. The van der Waals surface area contributed by atoms with E-state index >= 15 is 0 Å². The van der Waals surface area contributed by atoms with E-state index in [0.717, 1.165) is 4.31 Å². The first kappa shape index (κ1) is 14.8. The monoisotopic (exact) mass is 315 g/mol. The van der Waals surface area contributed by atoms with Gasteiger partial charge < -0.3 is 9.67 Å². The van der Waals surface area contributed by atoms with Gasteiger partial charge in [0.2, 0.25) is 5.28 Å². The lowest BCUT2D eigenvalue weighted by molar-refractivity contribution is 0.306. The van der Waals surface area contributed by atoms with E-state index in [2.05, 4.69) is 4.98 Å². The van der Waals surface area contributed by atoms with Crippen LogP contribution in [0.15, 0.2) is 41.6 Å². The van der Waals surface area contributed by atoms with Crippen LogP contribution in [0.4, 0.5) is 5.69 Å². The zero-order valence-corrected chi connectivity index (χ0v) is 12.3. The van der Waals surface area contributed by atoms with Gasteiger partial charge in [-0.2, -0.15) is 8.42 Å². The second-order valence-corrected chi connectivity index (χ2v) is 6.24. The van der Waals surface area contributed by atoms with Gasteiger partial charge in [0, 0.05) is 13.2 Å². The van der Waals surface area contributed by atoms with Crippen LogP contribution >= 0.6 is 11.6 Å². The molecule has 0 saturated heterocycles. The van der Waals surface area contributed by atoms with Crippen molar-refractivity contribution in [2.45, 2.75) is 5.03 Å². The van der Waals surface area contributed by atoms with E-state index in [1.807, 2.05) is 0 Å². The minimum atomic E-state index is -3.86. The maximum absolute atomic E-state index is 12.6. The zero-order valence-electron chi connectivity index (χ0n) is 10.8. The smallest absolute Gasteiger partial charge is 0.283 e. The lowest BCUT2D eigenvalue weighted by Crippen LogP contribution is -2.33. The summed E-state index contributed by atoms with van der Waals surface area (Å²) in [4.78, 5) is 3.83. The number of anilines is 1. The Morgan fingerprint density at radius 2 is 2.00 bits per heavy atom. The van der Waals surface area contributed by atoms with Gasteiger partial charge in [-0.1, -0.05) is 18.2 Å². The van der Waals surface area contributed by atoms with Gasteiger partial charge in [0.05, 0.1) is 18.8 Å². The van der Waals surface area contributed by atoms with Gasteiger partial charge in [0.15, 0.2) is 5.03 Å². The van der Waals surface area contributed by atoms with Crippen molar-refractivity contribution in [2.24, 2.45) is 7.05 Å². The summed E-state index contributed by atoms with van der Waals surface area (Å²) in [6, 6.07) is 8.53. The molecule has 8 heteroatoms. The summed E-state index contributed by atoms with van der Waals surface area (Å²) in [6.45, 7) is -0.352. The van der Waals surface area contributed by atoms with E-state index in [1.54, 1.807) is 37.4 Å². The molecule has 0 atom stereocenters. The number of hydrogen-bond acceptors (Lipinski definition) is 4. The molecule has 0 aliphatic carbocycles. The second kappa shape index (κ2) is 5.82. The van der Waals surface area contributed by atoms with E-state index in [1.165, 1.54) is 10.8 Å². The molecule has 0 bridgehead atoms. The average molecular weight is 316 g/mol. The molecule has 0 spiro atoms. The van der Waals surface area contributed by atoms with Gasteiger partial charge in [-0.3, -0.25) is 4.31 Å². The fourth-order valence-corrected chi connectivity index (χ4v) is 3.36. The van der Waals surface area contributed by atoms with Crippen molar-refractivity contribution in [1.29, 1.82) is 0 Å². The molecule has 2 aromatic rings. The number of halogens is 1. The third-order valence-electron chi connectivity index (χ3n) is 2.70. The van der Waals surface area contributed by atoms with E-state index in [9.17, 15) is 8.42 Å². The van der Waals surface area contributed by atoms with Crippen LogP contribution in [0.25, 0.3) is 0 Å². The molecule has 20 heavy (non-hydrogen) atoms. The number of para-hydroxylation sites is 1. The molecule has 1 aromatic carbocycles. The Balaban J connectivity index is 2.48. The number of nitrogens with zero attached hydrogens (tertiary/aromatic N) is 3. The van der Waals surface area contributed by atoms with Gasteiger partial charge in [0.25, 0.3) is 10.0 Å². The summed E-state index contributed by atoms with van der Waals surface area (Å²) in [6.07, 6.45) is 1.34. The van der Waals surface area contributed by atoms with Crippen LogP contribution in [0.1, 0.15) is 0 Å². The molecule has 1 N–H and O–H groups in total. The first-order chi connectivity index (χ1) is 9.46. The highest BCUT2D eigenvalue weighted by atomic mass is 35.5. The Morgan fingerprint density at radius 1 is 1.35 bits per heavy atom. The first-order valence-corrected chi connectivity index (χ1v) is 7.66. The summed E-state index contributed by atoms with van der Waals surface area (Å²) in [7, 11) is -2.26. The summed E-state index contributed by atoms with van der Waals surface area (Å²) in [5.41, 5.74) is 0.461. The van der Waals surface area contributed by atoms with Crippen molar-refractivity contribution < 1.29 is 13.5 Å². The van der Waals surface area contributed by atoms with Crippen molar-refractivity contribution in [3.8, 4) is 0 Å². The first-order valence-electron chi connectivity index (χ1n) is 5.84. The van der Waals surface area contributed by atoms with Gasteiger partial charge >= 0.3 is 0 Å². The Bertz CT molecular complexity index is 666. The number of rotatable bonds is 5. The van der Waals surface area contributed by atoms with Gasteiger partial charge in [-0.25, -0.2) is 4.98 Å². The molecule has 0 amide bonds. The van der Waals surface area contributed by atoms with Crippen LogP contribution < -0.4 is 4.31 Å². The Labute approximate surface area is 122 Å². The number of hydrogen-bond donors (Lipinski definition) is 1. The Morgan fingerprint density at radius 3 is 2.50 bits per heavy atom. The highest BCUT2D eigenvalue weighted by Crippen LogP contribution is 2.23. The normalized spacial score (nSPS) is 11.6. The minimum Gasteiger partial charge on any atom is -0.394 e. The topological polar surface area (TPSA) is 75.4 Å². The van der Waals surface area contributed by atoms with E-state index in [-0.39, 0.29) is 23.5 Å². The highest BCUT2D eigenvalue weighted by Gasteiger charge is 2.27. The standard InChI is InChI=1S/C12H14ClN3O3S/c1-15-9-11(14-12(15)13)20(18,19)16(7-8-17)10-5-3-2-4-6-10/h2-6,9,17H,7-8H2,1H3. The predicted octanol–water partition coefficient (Wildman–Crippen LogP) is 1.26. The van der Waals surface area contributed by atoms with Crippen molar-refractivity contribution in [1.82, 2.24) is 9.55 Å². The number of aliphatic hydroxyl groups excluding tert-OH is 1. The lowest BCUT2D eigenvalue weighted by Gasteiger charge is -2.22. The fourth-order valence-electron chi connectivity index (χ4n) is 1.73. The van der Waals surface area contributed by atoms with Crippen LogP contribution in [-0.4, -0.2) is 36.2 Å². The van der Waals surface area contributed by atoms with E-state index in [0.29, 0.717) is 5.69 Å². The number of sulfonamides is 1. The van der Waals surface area contributed by atoms with Crippen LogP contribution in [-0.2, 0) is 17.1 Å². The molecule has 0 saturated carbocycles. The second-order valence-electron chi connectivity index (χ2n) is 4.10. The summed E-state index contributed by atoms with van der Waals surface area (Å²) in [5, 5.41) is 9.04. The van der Waals surface area contributed by atoms with E-state index < -0.39 is 10.0 Å². The molecule has 0 unspecified atom stereocenters. The van der Waals surface area contributed by atoms with Gasteiger partial charge in [0.1, 0.15) is 0 Å². The van der Waals surface area contributed by atoms with Crippen molar-refractivity contribution >= 4 is 27.3 Å². The summed E-state index contributed by atoms with van der Waals surface area (Å²) in [5.74, 6) is 0. The lowest BCUT2D eigenvalue weighted by atomic mass is 10.3. The van der Waals surface area contributed by atoms with Crippen molar-refractivity contribution in [3.63, 3.8) is 0 Å². The Kier molecular flexibility index (Phi) is 4.32. The van der Waals surface area contributed by atoms with Crippen LogP contribution in [0.3, 0.4) is 0 Å². The average Bonchev–Trinajstić information content (AvgIpc) is 2.77. The molecular formula is C12H14ClN3O3S. The number of benzene rings is 1. The third-order valence-corrected chi connectivity index (χ3v) is 4.75.